The van der Waals surface area contributed by atoms with Crippen molar-refractivity contribution < 1.29 is 9.18 Å². The number of aromatic nitrogens is 2. The van der Waals surface area contributed by atoms with Crippen molar-refractivity contribution in [2.75, 3.05) is 17.3 Å². The van der Waals surface area contributed by atoms with Crippen LogP contribution in [-0.2, 0) is 0 Å². The minimum absolute atomic E-state index is 0.244. The molecule has 0 spiro atoms. The summed E-state index contributed by atoms with van der Waals surface area (Å²) in [4.78, 5) is 21.9. The minimum Gasteiger partial charge on any atom is -0.340 e. The Labute approximate surface area is 145 Å². The molecule has 5 nitrogen and oxygen atoms in total. The van der Waals surface area contributed by atoms with Crippen LogP contribution in [0.5, 0.6) is 0 Å². The molecular weight excluding hydrogens is 319 g/mol. The molecule has 0 radical (unpaired) electrons. The summed E-state index contributed by atoms with van der Waals surface area (Å²) < 4.78 is 14.2. The maximum Gasteiger partial charge on any atom is 0.255 e. The van der Waals surface area contributed by atoms with Crippen LogP contribution in [-0.4, -0.2) is 22.9 Å². The summed E-state index contributed by atoms with van der Waals surface area (Å²) in [5, 5.41) is 2.80. The molecule has 126 valence electrons. The quantitative estimate of drug-likeness (QED) is 0.784. The fraction of sp³-hybridized carbons (Fsp3) is 0.105. The lowest BCUT2D eigenvalue weighted by Crippen LogP contribution is -2.15. The normalized spacial score (nSPS) is 10.4. The Kier molecular flexibility index (Phi) is 4.70. The number of carbonyl (C=O) groups is 1. The summed E-state index contributed by atoms with van der Waals surface area (Å²) in [5.41, 5.74) is 3.01. The smallest absolute Gasteiger partial charge is 0.255 e. The van der Waals surface area contributed by atoms with Crippen molar-refractivity contribution in [2.45, 2.75) is 6.92 Å². The van der Waals surface area contributed by atoms with Crippen LogP contribution in [0.1, 0.15) is 15.9 Å². The monoisotopic (exact) mass is 336 g/mol. The second-order valence-electron chi connectivity index (χ2n) is 5.65. The van der Waals surface area contributed by atoms with Crippen LogP contribution in [0, 0.1) is 12.7 Å². The molecule has 1 heterocycles. The highest BCUT2D eigenvalue weighted by Crippen LogP contribution is 2.28. The molecule has 1 aromatic heterocycles. The van der Waals surface area contributed by atoms with Crippen molar-refractivity contribution in [2.24, 2.45) is 0 Å². The molecule has 0 fully saturated rings. The predicted molar refractivity (Wildman–Crippen MR) is 95.6 cm³/mol. The van der Waals surface area contributed by atoms with Gasteiger partial charge in [-0.25, -0.2) is 14.4 Å². The zero-order valence-electron chi connectivity index (χ0n) is 13.9. The van der Waals surface area contributed by atoms with E-state index in [9.17, 15) is 9.18 Å². The summed E-state index contributed by atoms with van der Waals surface area (Å²) in [6.45, 7) is 1.92. The second-order valence-corrected chi connectivity index (χ2v) is 5.65. The SMILES string of the molecule is Cc1cccc(C(=O)Nc2ccc(F)c(N(C)c3cncnc3)c2)c1. The molecule has 1 amide bonds. The predicted octanol–water partition coefficient (Wildman–Crippen LogP) is 3.94. The first-order valence-electron chi connectivity index (χ1n) is 7.71. The molecule has 2 aromatic carbocycles. The summed E-state index contributed by atoms with van der Waals surface area (Å²) >= 11 is 0. The minimum atomic E-state index is -0.403. The maximum absolute atomic E-state index is 14.2. The maximum atomic E-state index is 14.2. The van der Waals surface area contributed by atoms with Crippen LogP contribution >= 0.6 is 0 Å². The van der Waals surface area contributed by atoms with Gasteiger partial charge in [0, 0.05) is 18.3 Å². The first-order valence-corrected chi connectivity index (χ1v) is 7.71. The molecule has 6 heteroatoms. The number of aryl methyl sites for hydroxylation is 1. The Morgan fingerprint density at radius 1 is 1.12 bits per heavy atom. The Hall–Kier alpha value is -3.28. The van der Waals surface area contributed by atoms with E-state index in [1.807, 2.05) is 19.1 Å². The highest BCUT2D eigenvalue weighted by atomic mass is 19.1. The molecule has 3 aromatic rings. The van der Waals surface area contributed by atoms with Gasteiger partial charge in [-0.15, -0.1) is 0 Å². The molecule has 0 aliphatic rings. The van der Waals surface area contributed by atoms with Crippen molar-refractivity contribution in [3.05, 3.63) is 78.1 Å². The average molecular weight is 336 g/mol. The Morgan fingerprint density at radius 3 is 2.60 bits per heavy atom. The van der Waals surface area contributed by atoms with E-state index < -0.39 is 5.82 Å². The molecule has 0 unspecified atom stereocenters. The molecule has 0 saturated carbocycles. The number of anilines is 3. The Balaban J connectivity index is 1.85. The molecule has 0 aliphatic heterocycles. The molecule has 0 saturated heterocycles. The fourth-order valence-electron chi connectivity index (χ4n) is 2.44. The molecule has 1 N–H and O–H groups in total. The zero-order chi connectivity index (χ0) is 17.8. The average Bonchev–Trinajstić information content (AvgIpc) is 2.63. The number of hydrogen-bond acceptors (Lipinski definition) is 4. The van der Waals surface area contributed by atoms with E-state index in [0.29, 0.717) is 22.6 Å². The van der Waals surface area contributed by atoms with Gasteiger partial charge in [-0.3, -0.25) is 4.79 Å². The highest BCUT2D eigenvalue weighted by molar-refractivity contribution is 6.04. The van der Waals surface area contributed by atoms with Crippen molar-refractivity contribution in [1.82, 2.24) is 9.97 Å². The standard InChI is InChI=1S/C19H17FN4O/c1-13-4-3-5-14(8-13)19(25)23-15-6-7-17(20)18(9-15)24(2)16-10-21-12-22-11-16/h3-12H,1-2H3,(H,23,25). The van der Waals surface area contributed by atoms with E-state index in [-0.39, 0.29) is 5.91 Å². The van der Waals surface area contributed by atoms with Gasteiger partial charge in [0.25, 0.3) is 5.91 Å². The molecular formula is C19H17FN4O. The fourth-order valence-corrected chi connectivity index (χ4v) is 2.44. The lowest BCUT2D eigenvalue weighted by molar-refractivity contribution is 0.102. The van der Waals surface area contributed by atoms with Crippen LogP contribution in [0.3, 0.4) is 0 Å². The number of benzene rings is 2. The van der Waals surface area contributed by atoms with E-state index in [2.05, 4.69) is 15.3 Å². The first kappa shape index (κ1) is 16.6. The van der Waals surface area contributed by atoms with E-state index in [1.165, 1.54) is 18.5 Å². The number of nitrogens with zero attached hydrogens (tertiary/aromatic N) is 3. The first-order chi connectivity index (χ1) is 12.0. The van der Waals surface area contributed by atoms with Gasteiger partial charge in [0.15, 0.2) is 0 Å². The van der Waals surface area contributed by atoms with Gasteiger partial charge in [-0.05, 0) is 37.3 Å². The van der Waals surface area contributed by atoms with Gasteiger partial charge in [-0.2, -0.15) is 0 Å². The van der Waals surface area contributed by atoms with Crippen LogP contribution in [0.15, 0.2) is 61.2 Å². The van der Waals surface area contributed by atoms with Gasteiger partial charge in [0.05, 0.1) is 23.8 Å². The van der Waals surface area contributed by atoms with E-state index in [0.717, 1.165) is 5.56 Å². The van der Waals surface area contributed by atoms with Gasteiger partial charge >= 0.3 is 0 Å². The highest BCUT2D eigenvalue weighted by Gasteiger charge is 2.13. The third-order valence-corrected chi connectivity index (χ3v) is 3.78. The van der Waals surface area contributed by atoms with Crippen molar-refractivity contribution >= 4 is 23.0 Å². The van der Waals surface area contributed by atoms with E-state index in [4.69, 9.17) is 0 Å². The third-order valence-electron chi connectivity index (χ3n) is 3.78. The van der Waals surface area contributed by atoms with Crippen molar-refractivity contribution in [3.63, 3.8) is 0 Å². The Bertz CT molecular complexity index is 899. The Morgan fingerprint density at radius 2 is 1.88 bits per heavy atom. The largest absolute Gasteiger partial charge is 0.340 e. The van der Waals surface area contributed by atoms with Crippen LogP contribution < -0.4 is 10.2 Å². The van der Waals surface area contributed by atoms with Crippen LogP contribution in [0.4, 0.5) is 21.5 Å². The van der Waals surface area contributed by atoms with Gasteiger partial charge in [0.1, 0.15) is 12.1 Å². The summed E-state index contributed by atoms with van der Waals surface area (Å²) in [7, 11) is 1.71. The van der Waals surface area contributed by atoms with Crippen molar-refractivity contribution in [1.29, 1.82) is 0 Å². The number of rotatable bonds is 4. The lowest BCUT2D eigenvalue weighted by atomic mass is 10.1. The zero-order valence-corrected chi connectivity index (χ0v) is 13.9. The summed E-state index contributed by atoms with van der Waals surface area (Å²) in [6, 6.07) is 11.7. The van der Waals surface area contributed by atoms with E-state index >= 15 is 0 Å². The van der Waals surface area contributed by atoms with Crippen LogP contribution in [0.2, 0.25) is 0 Å². The lowest BCUT2D eigenvalue weighted by Gasteiger charge is -2.20. The molecule has 3 rings (SSSR count). The summed E-state index contributed by atoms with van der Waals surface area (Å²) in [5.74, 6) is -0.646. The number of carbonyl (C=O) groups excluding carboxylic acids is 1. The number of nitrogens with one attached hydrogen (secondary N) is 1. The van der Waals surface area contributed by atoms with E-state index in [1.54, 1.807) is 42.5 Å². The van der Waals surface area contributed by atoms with Gasteiger partial charge < -0.3 is 10.2 Å². The van der Waals surface area contributed by atoms with Crippen molar-refractivity contribution in [3.8, 4) is 0 Å². The topological polar surface area (TPSA) is 58.1 Å². The second kappa shape index (κ2) is 7.09. The number of amides is 1. The molecule has 0 aliphatic carbocycles. The van der Waals surface area contributed by atoms with Gasteiger partial charge in [0.2, 0.25) is 0 Å². The molecule has 0 atom stereocenters. The molecule has 25 heavy (non-hydrogen) atoms. The van der Waals surface area contributed by atoms with Gasteiger partial charge in [-0.1, -0.05) is 17.7 Å². The third kappa shape index (κ3) is 3.80. The number of halogens is 1. The molecule has 0 bridgehead atoms. The number of hydrogen-bond donors (Lipinski definition) is 1. The van der Waals surface area contributed by atoms with Crippen LogP contribution in [0.25, 0.3) is 0 Å². The summed E-state index contributed by atoms with van der Waals surface area (Å²) in [6.07, 6.45) is 4.58.